The van der Waals surface area contributed by atoms with Gasteiger partial charge in [0, 0.05) is 30.2 Å². The zero-order valence-corrected chi connectivity index (χ0v) is 12.1. The molecule has 18 heavy (non-hydrogen) atoms. The Hall–Kier alpha value is -0.200. The molecular formula is C13H28N2O3. The van der Waals surface area contributed by atoms with E-state index in [9.17, 15) is 5.21 Å². The van der Waals surface area contributed by atoms with E-state index in [-0.39, 0.29) is 30.3 Å². The van der Waals surface area contributed by atoms with Gasteiger partial charge in [0.15, 0.2) is 0 Å². The Morgan fingerprint density at radius 2 is 1.39 bits per heavy atom. The monoisotopic (exact) mass is 260 g/mol. The lowest BCUT2D eigenvalue weighted by Gasteiger charge is -2.53. The second kappa shape index (κ2) is 5.84. The van der Waals surface area contributed by atoms with Crippen molar-refractivity contribution in [2.75, 3.05) is 26.3 Å². The average Bonchev–Trinajstić information content (AvgIpc) is 2.24. The van der Waals surface area contributed by atoms with Gasteiger partial charge in [-0.3, -0.25) is 4.90 Å². The third-order valence-corrected chi connectivity index (χ3v) is 3.91. The van der Waals surface area contributed by atoms with Crippen LogP contribution in [0.2, 0.25) is 0 Å². The molecule has 1 fully saturated rings. The molecule has 1 aliphatic heterocycles. The van der Waals surface area contributed by atoms with E-state index < -0.39 is 0 Å². The molecule has 0 amide bonds. The largest absolute Gasteiger partial charge is 0.395 e. The van der Waals surface area contributed by atoms with Crippen LogP contribution in [0.15, 0.2) is 0 Å². The third-order valence-electron chi connectivity index (χ3n) is 3.91. The first-order valence-corrected chi connectivity index (χ1v) is 6.69. The van der Waals surface area contributed by atoms with Crippen molar-refractivity contribution in [1.82, 2.24) is 9.96 Å². The number of piperidine rings is 1. The predicted molar refractivity (Wildman–Crippen MR) is 70.6 cm³/mol. The van der Waals surface area contributed by atoms with E-state index >= 15 is 0 Å². The zero-order chi connectivity index (χ0) is 14.0. The van der Waals surface area contributed by atoms with Gasteiger partial charge in [-0.2, -0.15) is 5.06 Å². The number of hydrogen-bond donors (Lipinski definition) is 3. The molecule has 1 heterocycles. The molecule has 108 valence electrons. The number of hydroxylamine groups is 2. The fourth-order valence-electron chi connectivity index (χ4n) is 3.21. The molecule has 0 radical (unpaired) electrons. The molecule has 0 bridgehead atoms. The molecular weight excluding hydrogens is 232 g/mol. The van der Waals surface area contributed by atoms with Crippen LogP contribution in [0.4, 0.5) is 0 Å². The van der Waals surface area contributed by atoms with Crippen molar-refractivity contribution in [2.24, 2.45) is 0 Å². The summed E-state index contributed by atoms with van der Waals surface area (Å²) in [6.45, 7) is 9.44. The van der Waals surface area contributed by atoms with E-state index in [1.54, 1.807) is 0 Å². The number of aliphatic hydroxyl groups is 2. The van der Waals surface area contributed by atoms with Gasteiger partial charge in [0.1, 0.15) is 0 Å². The Labute approximate surface area is 110 Å². The average molecular weight is 260 g/mol. The number of hydrogen-bond acceptors (Lipinski definition) is 5. The maximum Gasteiger partial charge on any atom is 0.0558 e. The van der Waals surface area contributed by atoms with Crippen LogP contribution < -0.4 is 0 Å². The van der Waals surface area contributed by atoms with Crippen LogP contribution in [0.25, 0.3) is 0 Å². The van der Waals surface area contributed by atoms with Gasteiger partial charge in [-0.15, -0.1) is 0 Å². The summed E-state index contributed by atoms with van der Waals surface area (Å²) in [5.74, 6) is 0. The fourth-order valence-corrected chi connectivity index (χ4v) is 3.21. The lowest BCUT2D eigenvalue weighted by atomic mass is 9.78. The minimum Gasteiger partial charge on any atom is -0.395 e. The first-order chi connectivity index (χ1) is 8.24. The first-order valence-electron chi connectivity index (χ1n) is 6.69. The molecule has 5 heteroatoms. The standard InChI is InChI=1S/C13H28N2O3/c1-12(2)9-11(10-13(3,4)15(12)18)14(5-7-16)6-8-17/h11,16-18H,5-10H2,1-4H3. The van der Waals surface area contributed by atoms with Crippen molar-refractivity contribution < 1.29 is 15.4 Å². The third kappa shape index (κ3) is 3.42. The van der Waals surface area contributed by atoms with E-state index in [0.717, 1.165) is 12.8 Å². The normalized spacial score (nSPS) is 24.7. The highest BCUT2D eigenvalue weighted by molar-refractivity contribution is 4.99. The lowest BCUT2D eigenvalue weighted by molar-refractivity contribution is -0.252. The Morgan fingerprint density at radius 1 is 1.00 bits per heavy atom. The van der Waals surface area contributed by atoms with E-state index in [2.05, 4.69) is 4.90 Å². The van der Waals surface area contributed by atoms with E-state index in [1.165, 1.54) is 5.06 Å². The van der Waals surface area contributed by atoms with Crippen LogP contribution >= 0.6 is 0 Å². The molecule has 1 rings (SSSR count). The zero-order valence-electron chi connectivity index (χ0n) is 12.1. The molecule has 0 spiro atoms. The van der Waals surface area contributed by atoms with Crippen LogP contribution in [0, 0.1) is 0 Å². The van der Waals surface area contributed by atoms with Crippen LogP contribution in [0.3, 0.4) is 0 Å². The molecule has 0 aliphatic carbocycles. The maximum atomic E-state index is 10.2. The molecule has 1 saturated heterocycles. The Morgan fingerprint density at radius 3 is 1.72 bits per heavy atom. The van der Waals surface area contributed by atoms with Crippen LogP contribution in [-0.4, -0.2) is 68.8 Å². The van der Waals surface area contributed by atoms with Gasteiger partial charge >= 0.3 is 0 Å². The summed E-state index contributed by atoms with van der Waals surface area (Å²) in [7, 11) is 0. The van der Waals surface area contributed by atoms with Crippen molar-refractivity contribution >= 4 is 0 Å². The van der Waals surface area contributed by atoms with Crippen LogP contribution in [0.5, 0.6) is 0 Å². The van der Waals surface area contributed by atoms with Gasteiger partial charge in [-0.1, -0.05) is 0 Å². The smallest absolute Gasteiger partial charge is 0.0558 e. The molecule has 3 N–H and O–H groups in total. The van der Waals surface area contributed by atoms with E-state index in [0.29, 0.717) is 13.1 Å². The summed E-state index contributed by atoms with van der Waals surface area (Å²) < 4.78 is 0. The molecule has 0 atom stereocenters. The van der Waals surface area contributed by atoms with E-state index in [1.807, 2.05) is 27.7 Å². The Bertz CT molecular complexity index is 245. The molecule has 0 aromatic carbocycles. The second-order valence-electron chi connectivity index (χ2n) is 6.48. The highest BCUT2D eigenvalue weighted by Crippen LogP contribution is 2.38. The van der Waals surface area contributed by atoms with Gasteiger partial charge in [-0.25, -0.2) is 0 Å². The SMILES string of the molecule is CC1(C)CC(N(CCO)CCO)CC(C)(C)N1O. The maximum absolute atomic E-state index is 10.2. The number of nitrogens with zero attached hydrogens (tertiary/aromatic N) is 2. The van der Waals surface area contributed by atoms with E-state index in [4.69, 9.17) is 10.2 Å². The summed E-state index contributed by atoms with van der Waals surface area (Å²) in [6.07, 6.45) is 1.65. The van der Waals surface area contributed by atoms with Crippen molar-refractivity contribution in [3.63, 3.8) is 0 Å². The highest BCUT2D eigenvalue weighted by Gasteiger charge is 2.46. The predicted octanol–water partition coefficient (Wildman–Crippen LogP) is 0.684. The number of rotatable bonds is 5. The lowest BCUT2D eigenvalue weighted by Crippen LogP contribution is -2.63. The Balaban J connectivity index is 2.83. The topological polar surface area (TPSA) is 67.2 Å². The number of aliphatic hydroxyl groups excluding tert-OH is 2. The summed E-state index contributed by atoms with van der Waals surface area (Å²) >= 11 is 0. The first kappa shape index (κ1) is 15.9. The summed E-state index contributed by atoms with van der Waals surface area (Å²) in [5, 5.41) is 29.9. The molecule has 0 saturated carbocycles. The Kier molecular flexibility index (Phi) is 5.14. The van der Waals surface area contributed by atoms with Crippen molar-refractivity contribution in [3.05, 3.63) is 0 Å². The van der Waals surface area contributed by atoms with Crippen molar-refractivity contribution in [3.8, 4) is 0 Å². The fraction of sp³-hybridized carbons (Fsp3) is 1.00. The highest BCUT2D eigenvalue weighted by atomic mass is 16.5. The van der Waals surface area contributed by atoms with Gasteiger partial charge in [0.05, 0.1) is 13.2 Å². The van der Waals surface area contributed by atoms with Crippen LogP contribution in [0.1, 0.15) is 40.5 Å². The summed E-state index contributed by atoms with van der Waals surface area (Å²) in [5.41, 5.74) is -0.592. The minimum absolute atomic E-state index is 0.0974. The van der Waals surface area contributed by atoms with Crippen molar-refractivity contribution in [1.29, 1.82) is 0 Å². The molecule has 5 nitrogen and oxygen atoms in total. The van der Waals surface area contributed by atoms with Crippen molar-refractivity contribution in [2.45, 2.75) is 57.7 Å². The molecule has 1 aliphatic rings. The van der Waals surface area contributed by atoms with Crippen LogP contribution in [-0.2, 0) is 0 Å². The molecule has 0 unspecified atom stereocenters. The van der Waals surface area contributed by atoms with Gasteiger partial charge in [-0.05, 0) is 40.5 Å². The molecule has 0 aromatic rings. The molecule has 0 aromatic heterocycles. The second-order valence-corrected chi connectivity index (χ2v) is 6.48. The summed E-state index contributed by atoms with van der Waals surface area (Å²) in [6, 6.07) is 0.276. The quantitative estimate of drug-likeness (QED) is 0.678. The van der Waals surface area contributed by atoms with Gasteiger partial charge in [0.25, 0.3) is 0 Å². The van der Waals surface area contributed by atoms with Gasteiger partial charge in [0.2, 0.25) is 0 Å². The minimum atomic E-state index is -0.296. The summed E-state index contributed by atoms with van der Waals surface area (Å²) in [4.78, 5) is 2.12. The van der Waals surface area contributed by atoms with Gasteiger partial charge < -0.3 is 15.4 Å².